The zero-order chi connectivity index (χ0) is 23.5. The molecule has 0 bridgehead atoms. The second kappa shape index (κ2) is 9.65. The van der Waals surface area contributed by atoms with Crippen molar-refractivity contribution in [2.75, 3.05) is 34.1 Å². The summed E-state index contributed by atoms with van der Waals surface area (Å²) < 4.78 is 22.5. The largest absolute Gasteiger partial charge is 0.486 e. The lowest BCUT2D eigenvalue weighted by Crippen LogP contribution is -2.23. The van der Waals surface area contributed by atoms with Gasteiger partial charge in [-0.3, -0.25) is 9.69 Å². The number of fused-ring (bicyclic) bond motifs is 2. The van der Waals surface area contributed by atoms with E-state index in [9.17, 15) is 4.79 Å². The lowest BCUT2D eigenvalue weighted by atomic mass is 10.1. The van der Waals surface area contributed by atoms with Crippen LogP contribution in [0, 0.1) is 0 Å². The molecular weight excluding hydrogens is 432 g/mol. The van der Waals surface area contributed by atoms with Crippen LogP contribution in [-0.4, -0.2) is 49.8 Å². The SMILES string of the molecule is CN(C)C(=O)c1ccc(CN(Cc2ccc3c(c2)OCCO3)Cc2ccc3c(c2)OCO3)cc1. The van der Waals surface area contributed by atoms with E-state index in [1.54, 1.807) is 19.0 Å². The first-order valence-corrected chi connectivity index (χ1v) is 11.4. The van der Waals surface area contributed by atoms with Gasteiger partial charge in [-0.2, -0.15) is 0 Å². The molecule has 176 valence electrons. The molecule has 2 aliphatic rings. The minimum Gasteiger partial charge on any atom is -0.486 e. The summed E-state index contributed by atoms with van der Waals surface area (Å²) in [6.07, 6.45) is 0. The molecule has 0 unspecified atom stereocenters. The molecular formula is C27H28N2O5. The molecule has 0 fully saturated rings. The molecule has 0 aliphatic carbocycles. The van der Waals surface area contributed by atoms with Crippen molar-refractivity contribution in [1.82, 2.24) is 9.80 Å². The Hall–Kier alpha value is -3.71. The molecule has 5 rings (SSSR count). The number of benzene rings is 3. The fraction of sp³-hybridized carbons (Fsp3) is 0.296. The van der Waals surface area contributed by atoms with Gasteiger partial charge in [0.25, 0.3) is 5.91 Å². The summed E-state index contributed by atoms with van der Waals surface area (Å²) >= 11 is 0. The van der Waals surface area contributed by atoms with E-state index in [1.807, 2.05) is 42.5 Å². The number of ether oxygens (including phenoxy) is 4. The van der Waals surface area contributed by atoms with Gasteiger partial charge in [-0.1, -0.05) is 24.3 Å². The van der Waals surface area contributed by atoms with Crippen molar-refractivity contribution in [2.45, 2.75) is 19.6 Å². The lowest BCUT2D eigenvalue weighted by Gasteiger charge is -2.24. The van der Waals surface area contributed by atoms with Crippen molar-refractivity contribution in [3.05, 3.63) is 82.9 Å². The number of hydrogen-bond donors (Lipinski definition) is 0. The third-order valence-corrected chi connectivity index (χ3v) is 5.87. The maximum absolute atomic E-state index is 12.2. The average Bonchev–Trinajstić information content (AvgIpc) is 3.32. The molecule has 1 amide bonds. The highest BCUT2D eigenvalue weighted by Gasteiger charge is 2.17. The minimum atomic E-state index is 0.0000410. The quantitative estimate of drug-likeness (QED) is 0.529. The first-order valence-electron chi connectivity index (χ1n) is 11.4. The third-order valence-electron chi connectivity index (χ3n) is 5.87. The van der Waals surface area contributed by atoms with Gasteiger partial charge in [0.1, 0.15) is 13.2 Å². The van der Waals surface area contributed by atoms with E-state index >= 15 is 0 Å². The predicted octanol–water partition coefficient (Wildman–Crippen LogP) is 4.09. The van der Waals surface area contributed by atoms with Crippen molar-refractivity contribution < 1.29 is 23.7 Å². The van der Waals surface area contributed by atoms with Crippen LogP contribution in [0.4, 0.5) is 0 Å². The number of rotatable bonds is 7. The highest BCUT2D eigenvalue weighted by Crippen LogP contribution is 2.34. The van der Waals surface area contributed by atoms with Crippen LogP contribution in [0.3, 0.4) is 0 Å². The molecule has 3 aromatic carbocycles. The van der Waals surface area contributed by atoms with Crippen molar-refractivity contribution in [3.8, 4) is 23.0 Å². The topological polar surface area (TPSA) is 60.5 Å². The van der Waals surface area contributed by atoms with E-state index in [2.05, 4.69) is 23.1 Å². The number of hydrogen-bond acceptors (Lipinski definition) is 6. The van der Waals surface area contributed by atoms with E-state index in [0.717, 1.165) is 59.3 Å². The fourth-order valence-electron chi connectivity index (χ4n) is 4.18. The summed E-state index contributed by atoms with van der Waals surface area (Å²) in [5.41, 5.74) is 4.10. The first kappa shape index (κ1) is 22.1. The molecule has 0 radical (unpaired) electrons. The molecule has 0 spiro atoms. The van der Waals surface area contributed by atoms with Gasteiger partial charge < -0.3 is 23.8 Å². The Balaban J connectivity index is 1.37. The second-order valence-corrected chi connectivity index (χ2v) is 8.71. The van der Waals surface area contributed by atoms with Crippen LogP contribution in [0.5, 0.6) is 23.0 Å². The molecule has 0 N–H and O–H groups in total. The number of carbonyl (C=O) groups is 1. The maximum Gasteiger partial charge on any atom is 0.253 e. The van der Waals surface area contributed by atoms with Gasteiger partial charge >= 0.3 is 0 Å². The summed E-state index contributed by atoms with van der Waals surface area (Å²) in [5, 5.41) is 0. The van der Waals surface area contributed by atoms with Crippen LogP contribution in [0.15, 0.2) is 60.7 Å². The van der Waals surface area contributed by atoms with E-state index in [0.29, 0.717) is 18.8 Å². The molecule has 34 heavy (non-hydrogen) atoms. The monoisotopic (exact) mass is 460 g/mol. The Labute approximate surface area is 199 Å². The highest BCUT2D eigenvalue weighted by molar-refractivity contribution is 5.93. The van der Waals surface area contributed by atoms with E-state index in [-0.39, 0.29) is 12.7 Å². The molecule has 0 atom stereocenters. The lowest BCUT2D eigenvalue weighted by molar-refractivity contribution is 0.0827. The van der Waals surface area contributed by atoms with Crippen LogP contribution in [0.2, 0.25) is 0 Å². The average molecular weight is 461 g/mol. The zero-order valence-electron chi connectivity index (χ0n) is 19.5. The number of carbonyl (C=O) groups excluding carboxylic acids is 1. The van der Waals surface area contributed by atoms with Crippen molar-refractivity contribution in [3.63, 3.8) is 0 Å². The standard InChI is InChI=1S/C27H28N2O5/c1-28(2)27(30)22-7-3-19(4-8-22)15-29(17-21-6-10-24-26(14-21)34-18-33-24)16-20-5-9-23-25(13-20)32-12-11-31-23/h3-10,13-14H,11-12,15-18H2,1-2H3. The Morgan fingerprint density at radius 1 is 0.676 bits per heavy atom. The van der Waals surface area contributed by atoms with Crippen LogP contribution >= 0.6 is 0 Å². The number of amides is 1. The van der Waals surface area contributed by atoms with E-state index < -0.39 is 0 Å². The molecule has 2 heterocycles. The summed E-state index contributed by atoms with van der Waals surface area (Å²) in [7, 11) is 3.52. The normalized spacial score (nSPS) is 13.7. The summed E-state index contributed by atoms with van der Waals surface area (Å²) in [6, 6.07) is 20.0. The minimum absolute atomic E-state index is 0.0000410. The van der Waals surface area contributed by atoms with Crippen LogP contribution in [0.25, 0.3) is 0 Å². The molecule has 2 aliphatic heterocycles. The summed E-state index contributed by atoms with van der Waals surface area (Å²) in [6.45, 7) is 3.58. The Bertz CT molecular complexity index is 1180. The van der Waals surface area contributed by atoms with Gasteiger partial charge in [0.15, 0.2) is 23.0 Å². The Morgan fingerprint density at radius 2 is 1.18 bits per heavy atom. The fourth-order valence-corrected chi connectivity index (χ4v) is 4.18. The molecule has 0 aromatic heterocycles. The van der Waals surface area contributed by atoms with Crippen molar-refractivity contribution in [2.24, 2.45) is 0 Å². The zero-order valence-corrected chi connectivity index (χ0v) is 19.5. The van der Waals surface area contributed by atoms with Crippen molar-refractivity contribution >= 4 is 5.91 Å². The van der Waals surface area contributed by atoms with E-state index in [1.165, 1.54) is 0 Å². The molecule has 3 aromatic rings. The first-order chi connectivity index (χ1) is 16.5. The highest BCUT2D eigenvalue weighted by atomic mass is 16.7. The Morgan fingerprint density at radius 3 is 1.82 bits per heavy atom. The third kappa shape index (κ3) is 4.94. The van der Waals surface area contributed by atoms with Crippen LogP contribution in [0.1, 0.15) is 27.0 Å². The summed E-state index contributed by atoms with van der Waals surface area (Å²) in [5.74, 6) is 3.14. The van der Waals surface area contributed by atoms with Gasteiger partial charge in [-0.15, -0.1) is 0 Å². The molecule has 7 heteroatoms. The molecule has 0 saturated heterocycles. The maximum atomic E-state index is 12.2. The van der Waals surface area contributed by atoms with Gasteiger partial charge in [-0.05, 0) is 53.1 Å². The Kier molecular flexibility index (Phi) is 6.27. The van der Waals surface area contributed by atoms with Gasteiger partial charge in [0, 0.05) is 39.3 Å². The molecule has 0 saturated carbocycles. The smallest absolute Gasteiger partial charge is 0.253 e. The van der Waals surface area contributed by atoms with Crippen LogP contribution < -0.4 is 18.9 Å². The van der Waals surface area contributed by atoms with Gasteiger partial charge in [-0.25, -0.2) is 0 Å². The van der Waals surface area contributed by atoms with E-state index in [4.69, 9.17) is 18.9 Å². The van der Waals surface area contributed by atoms with Gasteiger partial charge in [0.05, 0.1) is 0 Å². The van der Waals surface area contributed by atoms with Crippen LogP contribution in [-0.2, 0) is 19.6 Å². The summed E-state index contributed by atoms with van der Waals surface area (Å²) in [4.78, 5) is 16.2. The second-order valence-electron chi connectivity index (χ2n) is 8.71. The number of nitrogens with zero attached hydrogens (tertiary/aromatic N) is 2. The molecule has 7 nitrogen and oxygen atoms in total. The predicted molar refractivity (Wildman–Crippen MR) is 127 cm³/mol. The van der Waals surface area contributed by atoms with Gasteiger partial charge in [0.2, 0.25) is 6.79 Å². The van der Waals surface area contributed by atoms with Crippen molar-refractivity contribution in [1.29, 1.82) is 0 Å².